The van der Waals surface area contributed by atoms with Crippen LogP contribution in [0.5, 0.6) is 0 Å². The van der Waals surface area contributed by atoms with Crippen LogP contribution in [0.1, 0.15) is 24.7 Å². The third-order valence-corrected chi connectivity index (χ3v) is 3.05. The molecule has 0 aliphatic heterocycles. The lowest BCUT2D eigenvalue weighted by atomic mass is 10.1. The Balaban J connectivity index is 1.95. The first-order valence-corrected chi connectivity index (χ1v) is 6.31. The van der Waals surface area contributed by atoms with Gasteiger partial charge >= 0.3 is 0 Å². The second-order valence-corrected chi connectivity index (χ2v) is 4.74. The summed E-state index contributed by atoms with van der Waals surface area (Å²) in [6, 6.07) is 6.17. The molecule has 0 aliphatic carbocycles. The molecule has 102 valence electrons. The molecule has 0 radical (unpaired) electrons. The Labute approximate surface area is 111 Å². The first-order valence-electron chi connectivity index (χ1n) is 6.31. The van der Waals surface area contributed by atoms with Crippen LogP contribution in [-0.2, 0) is 6.42 Å². The van der Waals surface area contributed by atoms with Crippen molar-refractivity contribution in [3.63, 3.8) is 0 Å². The Hall–Kier alpha value is -1.84. The van der Waals surface area contributed by atoms with Crippen molar-refractivity contribution < 1.29 is 13.2 Å². The monoisotopic (exact) mass is 265 g/mol. The molecule has 1 unspecified atom stereocenters. The Kier molecular flexibility index (Phi) is 4.20. The Morgan fingerprint density at radius 3 is 2.74 bits per heavy atom. The lowest BCUT2D eigenvalue weighted by Gasteiger charge is -2.15. The molecular formula is C15H17F2NO. The van der Waals surface area contributed by atoms with Crippen molar-refractivity contribution in [2.24, 2.45) is 0 Å². The fourth-order valence-corrected chi connectivity index (χ4v) is 1.91. The highest BCUT2D eigenvalue weighted by atomic mass is 19.1. The second-order valence-electron chi connectivity index (χ2n) is 4.74. The van der Waals surface area contributed by atoms with E-state index >= 15 is 0 Å². The van der Waals surface area contributed by atoms with Gasteiger partial charge in [0.15, 0.2) is 0 Å². The van der Waals surface area contributed by atoms with E-state index in [0.717, 1.165) is 18.6 Å². The van der Waals surface area contributed by atoms with Crippen LogP contribution in [-0.4, -0.2) is 6.04 Å². The molecule has 1 heterocycles. The fourth-order valence-electron chi connectivity index (χ4n) is 1.91. The summed E-state index contributed by atoms with van der Waals surface area (Å²) in [5, 5.41) is 2.98. The predicted molar refractivity (Wildman–Crippen MR) is 71.2 cm³/mol. The van der Waals surface area contributed by atoms with Gasteiger partial charge in [-0.3, -0.25) is 0 Å². The highest BCUT2D eigenvalue weighted by Crippen LogP contribution is 2.20. The number of anilines is 1. The lowest BCUT2D eigenvalue weighted by molar-refractivity contribution is 0.494. The number of nitrogens with one attached hydrogen (secondary N) is 1. The van der Waals surface area contributed by atoms with Gasteiger partial charge in [0, 0.05) is 18.5 Å². The molecule has 2 aromatic rings. The molecule has 2 nitrogen and oxygen atoms in total. The van der Waals surface area contributed by atoms with E-state index in [-0.39, 0.29) is 11.7 Å². The second kappa shape index (κ2) is 5.87. The van der Waals surface area contributed by atoms with Crippen LogP contribution in [0.25, 0.3) is 0 Å². The zero-order chi connectivity index (χ0) is 13.8. The maximum atomic E-state index is 13.7. The standard InChI is InChI=1S/C15H17F2NO/c1-10-8-14(17)15(9-13(10)16)18-11(2)5-6-12-4-3-7-19-12/h3-4,7-9,11,18H,5-6H2,1-2H3. The zero-order valence-corrected chi connectivity index (χ0v) is 11.0. The van der Waals surface area contributed by atoms with Crippen molar-refractivity contribution in [1.82, 2.24) is 0 Å². The first-order chi connectivity index (χ1) is 9.06. The molecular weight excluding hydrogens is 248 g/mol. The summed E-state index contributed by atoms with van der Waals surface area (Å²) >= 11 is 0. The topological polar surface area (TPSA) is 25.2 Å². The van der Waals surface area contributed by atoms with Crippen molar-refractivity contribution in [2.75, 3.05) is 5.32 Å². The highest BCUT2D eigenvalue weighted by Gasteiger charge is 2.10. The van der Waals surface area contributed by atoms with Crippen molar-refractivity contribution in [2.45, 2.75) is 32.7 Å². The third-order valence-electron chi connectivity index (χ3n) is 3.05. The maximum absolute atomic E-state index is 13.7. The average Bonchev–Trinajstić information content (AvgIpc) is 2.86. The summed E-state index contributed by atoms with van der Waals surface area (Å²) in [7, 11) is 0. The Morgan fingerprint density at radius 2 is 2.05 bits per heavy atom. The number of hydrogen-bond donors (Lipinski definition) is 1. The molecule has 0 fully saturated rings. The van der Waals surface area contributed by atoms with E-state index in [1.54, 1.807) is 13.2 Å². The lowest BCUT2D eigenvalue weighted by Crippen LogP contribution is -2.17. The van der Waals surface area contributed by atoms with Gasteiger partial charge in [0.2, 0.25) is 0 Å². The van der Waals surface area contributed by atoms with E-state index in [1.165, 1.54) is 12.1 Å². The van der Waals surface area contributed by atoms with Gasteiger partial charge in [-0.1, -0.05) is 0 Å². The fraction of sp³-hybridized carbons (Fsp3) is 0.333. The van der Waals surface area contributed by atoms with Gasteiger partial charge in [-0.15, -0.1) is 0 Å². The molecule has 1 N–H and O–H groups in total. The van der Waals surface area contributed by atoms with E-state index < -0.39 is 11.6 Å². The summed E-state index contributed by atoms with van der Waals surface area (Å²) in [5.74, 6) is 0.0649. The van der Waals surface area contributed by atoms with Crippen LogP contribution in [0.15, 0.2) is 34.9 Å². The molecule has 1 aromatic carbocycles. The number of aryl methyl sites for hydroxylation is 2. The van der Waals surface area contributed by atoms with Gasteiger partial charge in [0.25, 0.3) is 0 Å². The van der Waals surface area contributed by atoms with Gasteiger partial charge in [-0.2, -0.15) is 0 Å². The molecule has 0 bridgehead atoms. The zero-order valence-electron chi connectivity index (χ0n) is 11.0. The number of hydrogen-bond acceptors (Lipinski definition) is 2. The molecule has 4 heteroatoms. The van der Waals surface area contributed by atoms with Crippen LogP contribution in [0.2, 0.25) is 0 Å². The van der Waals surface area contributed by atoms with Crippen LogP contribution < -0.4 is 5.32 Å². The van der Waals surface area contributed by atoms with Crippen molar-refractivity contribution >= 4 is 5.69 Å². The molecule has 2 rings (SSSR count). The molecule has 0 aliphatic rings. The minimum atomic E-state index is -0.427. The maximum Gasteiger partial charge on any atom is 0.146 e. The molecule has 0 amide bonds. The minimum absolute atomic E-state index is 0.0294. The number of benzene rings is 1. The summed E-state index contributed by atoms with van der Waals surface area (Å²) in [4.78, 5) is 0. The molecule has 0 saturated carbocycles. The Bertz CT molecular complexity index is 537. The van der Waals surface area contributed by atoms with Crippen molar-refractivity contribution in [3.8, 4) is 0 Å². The van der Waals surface area contributed by atoms with Gasteiger partial charge in [0.1, 0.15) is 17.4 Å². The van der Waals surface area contributed by atoms with E-state index in [4.69, 9.17) is 4.42 Å². The Morgan fingerprint density at radius 1 is 1.26 bits per heavy atom. The molecule has 1 aromatic heterocycles. The number of furan rings is 1. The van der Waals surface area contributed by atoms with E-state index in [2.05, 4.69) is 5.32 Å². The summed E-state index contributed by atoms with van der Waals surface area (Å²) in [6.45, 7) is 3.47. The molecule has 0 saturated heterocycles. The van der Waals surface area contributed by atoms with E-state index in [9.17, 15) is 8.78 Å². The van der Waals surface area contributed by atoms with Gasteiger partial charge in [-0.25, -0.2) is 8.78 Å². The van der Waals surface area contributed by atoms with E-state index in [1.807, 2.05) is 19.1 Å². The van der Waals surface area contributed by atoms with Crippen molar-refractivity contribution in [3.05, 3.63) is 53.5 Å². The minimum Gasteiger partial charge on any atom is -0.469 e. The number of rotatable bonds is 5. The SMILES string of the molecule is Cc1cc(F)c(NC(C)CCc2ccco2)cc1F. The van der Waals surface area contributed by atoms with Gasteiger partial charge in [0.05, 0.1) is 12.0 Å². The summed E-state index contributed by atoms with van der Waals surface area (Å²) in [6.07, 6.45) is 3.17. The van der Waals surface area contributed by atoms with Crippen molar-refractivity contribution in [1.29, 1.82) is 0 Å². The van der Waals surface area contributed by atoms with Crippen LogP contribution in [0, 0.1) is 18.6 Å². The normalized spacial score (nSPS) is 12.4. The third kappa shape index (κ3) is 3.56. The summed E-state index contributed by atoms with van der Waals surface area (Å²) < 4.78 is 32.3. The quantitative estimate of drug-likeness (QED) is 0.872. The van der Waals surface area contributed by atoms with Crippen LogP contribution in [0.3, 0.4) is 0 Å². The largest absolute Gasteiger partial charge is 0.469 e. The van der Waals surface area contributed by atoms with E-state index in [0.29, 0.717) is 5.56 Å². The van der Waals surface area contributed by atoms with Gasteiger partial charge in [-0.05, 0) is 44.0 Å². The molecule has 19 heavy (non-hydrogen) atoms. The predicted octanol–water partition coefficient (Wildman–Crippen LogP) is 4.30. The molecule has 0 spiro atoms. The average molecular weight is 265 g/mol. The van der Waals surface area contributed by atoms with Crippen LogP contribution >= 0.6 is 0 Å². The summed E-state index contributed by atoms with van der Waals surface area (Å²) in [5.41, 5.74) is 0.515. The van der Waals surface area contributed by atoms with Crippen LogP contribution in [0.4, 0.5) is 14.5 Å². The first kappa shape index (κ1) is 13.6. The highest BCUT2D eigenvalue weighted by molar-refractivity contribution is 5.47. The number of halogens is 2. The smallest absolute Gasteiger partial charge is 0.146 e. The van der Waals surface area contributed by atoms with Gasteiger partial charge < -0.3 is 9.73 Å². The molecule has 1 atom stereocenters.